The van der Waals surface area contributed by atoms with E-state index in [9.17, 15) is 9.18 Å². The summed E-state index contributed by atoms with van der Waals surface area (Å²) in [7, 11) is 0. The Morgan fingerprint density at radius 2 is 2.20 bits per heavy atom. The largest absolute Gasteiger partial charge is 0.319 e. The fraction of sp³-hybridized carbons (Fsp3) is 0. The molecule has 1 aromatic carbocycles. The maximum atomic E-state index is 13.4. The Balaban J connectivity index is 2.28. The molecule has 2 aromatic rings. The standard InChI is InChI=1S/C12H9FN6O/c13-8-2-1-3-9(7(8)4-14)18-12(20)10-5-16-6-11(17-10)19-15/h1-3,5-6H,15H2,(H,17,19)(H,18,20). The highest BCUT2D eigenvalue weighted by Crippen LogP contribution is 2.18. The maximum absolute atomic E-state index is 13.4. The van der Waals surface area contributed by atoms with Crippen molar-refractivity contribution in [2.75, 3.05) is 10.7 Å². The monoisotopic (exact) mass is 272 g/mol. The number of halogens is 1. The normalized spacial score (nSPS) is 9.65. The van der Waals surface area contributed by atoms with Crippen LogP contribution in [0.3, 0.4) is 0 Å². The first-order valence-electron chi connectivity index (χ1n) is 5.44. The third-order valence-electron chi connectivity index (χ3n) is 2.39. The summed E-state index contributed by atoms with van der Waals surface area (Å²) >= 11 is 0. The van der Waals surface area contributed by atoms with Crippen LogP contribution in [-0.2, 0) is 0 Å². The van der Waals surface area contributed by atoms with Gasteiger partial charge in [0.2, 0.25) is 0 Å². The molecule has 0 aliphatic carbocycles. The summed E-state index contributed by atoms with van der Waals surface area (Å²) in [5.74, 6) is 4.02. The quantitative estimate of drug-likeness (QED) is 0.567. The highest BCUT2D eigenvalue weighted by atomic mass is 19.1. The van der Waals surface area contributed by atoms with E-state index in [0.717, 1.165) is 6.07 Å². The van der Waals surface area contributed by atoms with Crippen molar-refractivity contribution in [2.24, 2.45) is 5.84 Å². The van der Waals surface area contributed by atoms with Crippen LogP contribution in [0.15, 0.2) is 30.6 Å². The lowest BCUT2D eigenvalue weighted by molar-refractivity contribution is 0.102. The molecule has 1 amide bonds. The lowest BCUT2D eigenvalue weighted by atomic mass is 10.2. The highest BCUT2D eigenvalue weighted by Gasteiger charge is 2.13. The van der Waals surface area contributed by atoms with E-state index in [4.69, 9.17) is 11.1 Å². The number of anilines is 2. The lowest BCUT2D eigenvalue weighted by Gasteiger charge is -2.07. The molecule has 0 saturated carbocycles. The van der Waals surface area contributed by atoms with Crippen LogP contribution in [0, 0.1) is 17.1 Å². The SMILES string of the molecule is N#Cc1c(F)cccc1NC(=O)c1cncc(NN)n1. The van der Waals surface area contributed by atoms with Crippen LogP contribution in [0.4, 0.5) is 15.9 Å². The average Bonchev–Trinajstić information content (AvgIpc) is 2.47. The van der Waals surface area contributed by atoms with Crippen molar-refractivity contribution < 1.29 is 9.18 Å². The van der Waals surface area contributed by atoms with Gasteiger partial charge < -0.3 is 10.7 Å². The summed E-state index contributed by atoms with van der Waals surface area (Å²) in [6.07, 6.45) is 2.56. The van der Waals surface area contributed by atoms with Crippen LogP contribution in [0.2, 0.25) is 0 Å². The van der Waals surface area contributed by atoms with E-state index in [1.54, 1.807) is 6.07 Å². The second-order valence-electron chi connectivity index (χ2n) is 3.66. The van der Waals surface area contributed by atoms with Gasteiger partial charge in [0.15, 0.2) is 5.82 Å². The van der Waals surface area contributed by atoms with E-state index in [1.165, 1.54) is 24.5 Å². The minimum atomic E-state index is -0.714. The number of hydrogen-bond acceptors (Lipinski definition) is 6. The van der Waals surface area contributed by atoms with Crippen LogP contribution in [0.5, 0.6) is 0 Å². The van der Waals surface area contributed by atoms with Crippen LogP contribution in [0.25, 0.3) is 0 Å². The van der Waals surface area contributed by atoms with E-state index >= 15 is 0 Å². The van der Waals surface area contributed by atoms with Gasteiger partial charge in [0, 0.05) is 0 Å². The maximum Gasteiger partial charge on any atom is 0.275 e. The van der Waals surface area contributed by atoms with Gasteiger partial charge in [0.1, 0.15) is 23.1 Å². The molecule has 1 aromatic heterocycles. The van der Waals surface area contributed by atoms with Crippen LogP contribution in [-0.4, -0.2) is 15.9 Å². The Kier molecular flexibility index (Phi) is 3.83. The molecule has 8 heteroatoms. The summed E-state index contributed by atoms with van der Waals surface area (Å²) in [5, 5.41) is 11.3. The first-order valence-corrected chi connectivity index (χ1v) is 5.44. The predicted molar refractivity (Wildman–Crippen MR) is 68.9 cm³/mol. The van der Waals surface area contributed by atoms with Gasteiger partial charge in [-0.3, -0.25) is 9.78 Å². The first kappa shape index (κ1) is 13.4. The molecule has 0 spiro atoms. The number of aromatic nitrogens is 2. The van der Waals surface area contributed by atoms with Crippen molar-refractivity contribution in [1.82, 2.24) is 9.97 Å². The predicted octanol–water partition coefficient (Wildman–Crippen LogP) is 1.03. The smallest absolute Gasteiger partial charge is 0.275 e. The molecule has 0 aliphatic rings. The molecule has 0 saturated heterocycles. The summed E-state index contributed by atoms with van der Waals surface area (Å²) in [4.78, 5) is 19.6. The lowest BCUT2D eigenvalue weighted by Crippen LogP contribution is -2.17. The van der Waals surface area contributed by atoms with Crippen LogP contribution < -0.4 is 16.6 Å². The zero-order valence-electron chi connectivity index (χ0n) is 10.1. The fourth-order valence-corrected chi connectivity index (χ4v) is 1.47. The van der Waals surface area contributed by atoms with E-state index in [-0.39, 0.29) is 22.8 Å². The molecule has 0 aliphatic heterocycles. The number of nitrogens with one attached hydrogen (secondary N) is 2. The number of amides is 1. The van der Waals surface area contributed by atoms with Gasteiger partial charge in [-0.15, -0.1) is 0 Å². The molecule has 0 unspecified atom stereocenters. The fourth-order valence-electron chi connectivity index (χ4n) is 1.47. The molecule has 2 rings (SSSR count). The molecule has 7 nitrogen and oxygen atoms in total. The van der Waals surface area contributed by atoms with Crippen LogP contribution in [0.1, 0.15) is 16.1 Å². The van der Waals surface area contributed by atoms with Crippen molar-refractivity contribution in [2.45, 2.75) is 0 Å². The van der Waals surface area contributed by atoms with Crippen molar-refractivity contribution in [3.8, 4) is 6.07 Å². The van der Waals surface area contributed by atoms with Crippen molar-refractivity contribution in [3.63, 3.8) is 0 Å². The molecule has 0 atom stereocenters. The molecule has 4 N–H and O–H groups in total. The minimum Gasteiger partial charge on any atom is -0.319 e. The van der Waals surface area contributed by atoms with Gasteiger partial charge in [-0.1, -0.05) is 6.07 Å². The minimum absolute atomic E-state index is 0.0198. The number of nitrogen functional groups attached to an aromatic ring is 1. The molecule has 0 bridgehead atoms. The Hall–Kier alpha value is -3.05. The van der Waals surface area contributed by atoms with E-state index in [1.807, 2.05) is 0 Å². The molecule has 0 fully saturated rings. The molecule has 1 heterocycles. The van der Waals surface area contributed by atoms with Crippen molar-refractivity contribution in [1.29, 1.82) is 5.26 Å². The number of rotatable bonds is 3. The summed E-state index contributed by atoms with van der Waals surface area (Å²) < 4.78 is 13.4. The number of nitrogens with zero attached hydrogens (tertiary/aromatic N) is 3. The van der Waals surface area contributed by atoms with Gasteiger partial charge in [0.25, 0.3) is 5.91 Å². The van der Waals surface area contributed by atoms with Gasteiger partial charge in [-0.2, -0.15) is 5.26 Å². The van der Waals surface area contributed by atoms with Gasteiger partial charge in [-0.25, -0.2) is 15.2 Å². The van der Waals surface area contributed by atoms with Gasteiger partial charge in [-0.05, 0) is 12.1 Å². The van der Waals surface area contributed by atoms with E-state index in [2.05, 4.69) is 20.7 Å². The zero-order valence-corrected chi connectivity index (χ0v) is 10.1. The van der Waals surface area contributed by atoms with E-state index in [0.29, 0.717) is 0 Å². The Bertz CT molecular complexity index is 697. The van der Waals surface area contributed by atoms with Gasteiger partial charge in [0.05, 0.1) is 18.1 Å². The number of nitriles is 1. The Morgan fingerprint density at radius 1 is 1.40 bits per heavy atom. The number of hydrogen-bond donors (Lipinski definition) is 3. The second kappa shape index (κ2) is 5.73. The van der Waals surface area contributed by atoms with Crippen molar-refractivity contribution >= 4 is 17.4 Å². The molecular formula is C12H9FN6O. The topological polar surface area (TPSA) is 117 Å². The number of benzene rings is 1. The summed E-state index contributed by atoms with van der Waals surface area (Å²) in [5.41, 5.74) is 2.04. The Morgan fingerprint density at radius 3 is 2.90 bits per heavy atom. The Labute approximate surface area is 113 Å². The molecule has 100 valence electrons. The number of carbonyl (C=O) groups excluding carboxylic acids is 1. The zero-order chi connectivity index (χ0) is 14.5. The van der Waals surface area contributed by atoms with E-state index < -0.39 is 11.7 Å². The highest BCUT2D eigenvalue weighted by molar-refractivity contribution is 6.03. The second-order valence-corrected chi connectivity index (χ2v) is 3.66. The summed E-state index contributed by atoms with van der Waals surface area (Å²) in [6, 6.07) is 5.62. The number of nitrogens with two attached hydrogens (primary N) is 1. The third-order valence-corrected chi connectivity index (χ3v) is 2.39. The first-order chi connectivity index (χ1) is 9.65. The van der Waals surface area contributed by atoms with Gasteiger partial charge >= 0.3 is 0 Å². The van der Waals surface area contributed by atoms with Crippen molar-refractivity contribution in [3.05, 3.63) is 47.7 Å². The third kappa shape index (κ3) is 2.68. The summed E-state index contributed by atoms with van der Waals surface area (Å²) in [6.45, 7) is 0. The molecule has 0 radical (unpaired) electrons. The molecular weight excluding hydrogens is 263 g/mol. The number of carbonyl (C=O) groups is 1. The number of hydrazine groups is 1. The molecule has 20 heavy (non-hydrogen) atoms. The average molecular weight is 272 g/mol. The van der Waals surface area contributed by atoms with Crippen LogP contribution >= 0.6 is 0 Å².